The lowest BCUT2D eigenvalue weighted by Crippen LogP contribution is -1.96. The molecule has 0 radical (unpaired) electrons. The van der Waals surface area contributed by atoms with Crippen molar-refractivity contribution in [1.82, 2.24) is 19.9 Å². The van der Waals surface area contributed by atoms with Crippen LogP contribution in [0, 0.1) is 0 Å². The summed E-state index contributed by atoms with van der Waals surface area (Å²) in [5, 5.41) is 0. The normalized spacial score (nSPS) is 11.0. The molecular formula is C18H16N4O2. The van der Waals surface area contributed by atoms with Gasteiger partial charge in [-0.05, 0) is 24.6 Å². The number of ether oxygens (including phenoxy) is 1. The van der Waals surface area contributed by atoms with Gasteiger partial charge in [-0.3, -0.25) is 4.98 Å². The van der Waals surface area contributed by atoms with Crippen molar-refractivity contribution in [1.29, 1.82) is 0 Å². The van der Waals surface area contributed by atoms with E-state index < -0.39 is 0 Å². The second-order valence-electron chi connectivity index (χ2n) is 5.48. The van der Waals surface area contributed by atoms with Gasteiger partial charge in [0.1, 0.15) is 11.6 Å². The van der Waals surface area contributed by atoms with E-state index >= 15 is 0 Å². The van der Waals surface area contributed by atoms with Crippen LogP contribution in [0.15, 0.2) is 53.6 Å². The molecule has 0 spiro atoms. The number of hydrogen-bond donors (Lipinski definition) is 1. The second-order valence-corrected chi connectivity index (χ2v) is 5.48. The summed E-state index contributed by atoms with van der Waals surface area (Å²) in [7, 11) is 1.65. The Bertz CT molecular complexity index is 960. The summed E-state index contributed by atoms with van der Waals surface area (Å²) in [6.45, 7) is 0. The van der Waals surface area contributed by atoms with Crippen molar-refractivity contribution in [3.8, 4) is 16.9 Å². The van der Waals surface area contributed by atoms with Crippen molar-refractivity contribution in [3.63, 3.8) is 0 Å². The van der Waals surface area contributed by atoms with Gasteiger partial charge in [0.15, 0.2) is 5.65 Å². The van der Waals surface area contributed by atoms with E-state index in [9.17, 15) is 0 Å². The first-order chi connectivity index (χ1) is 11.8. The largest absolute Gasteiger partial charge is 0.497 e. The monoisotopic (exact) mass is 320 g/mol. The summed E-state index contributed by atoms with van der Waals surface area (Å²) in [4.78, 5) is 16.7. The van der Waals surface area contributed by atoms with Gasteiger partial charge in [0.05, 0.1) is 25.2 Å². The van der Waals surface area contributed by atoms with Gasteiger partial charge in [-0.25, -0.2) is 9.97 Å². The molecular weight excluding hydrogens is 304 g/mol. The third-order valence-electron chi connectivity index (χ3n) is 3.88. The Morgan fingerprint density at radius 2 is 2.08 bits per heavy atom. The molecule has 4 aromatic rings. The molecule has 0 aliphatic heterocycles. The number of pyridine rings is 2. The molecule has 4 heterocycles. The van der Waals surface area contributed by atoms with Gasteiger partial charge in [-0.2, -0.15) is 0 Å². The topological polar surface area (TPSA) is 76.8 Å². The Balaban J connectivity index is 1.54. The molecule has 6 nitrogen and oxygen atoms in total. The summed E-state index contributed by atoms with van der Waals surface area (Å²) < 4.78 is 10.3. The Kier molecular flexibility index (Phi) is 3.70. The first-order valence-electron chi connectivity index (χ1n) is 7.68. The molecule has 0 saturated carbocycles. The lowest BCUT2D eigenvalue weighted by molar-refractivity contribution is 0.413. The summed E-state index contributed by atoms with van der Waals surface area (Å²) >= 11 is 0. The smallest absolute Gasteiger partial charge is 0.177 e. The van der Waals surface area contributed by atoms with Crippen LogP contribution in [0.3, 0.4) is 0 Å². The lowest BCUT2D eigenvalue weighted by Gasteiger charge is -2.02. The lowest BCUT2D eigenvalue weighted by atomic mass is 10.1. The minimum absolute atomic E-state index is 0.718. The third-order valence-corrected chi connectivity index (χ3v) is 3.88. The first-order valence-corrected chi connectivity index (χ1v) is 7.68. The summed E-state index contributed by atoms with van der Waals surface area (Å²) in [5.41, 5.74) is 4.61. The fourth-order valence-corrected chi connectivity index (χ4v) is 2.62. The molecule has 1 N–H and O–H groups in total. The number of methoxy groups -OCH3 is 1. The zero-order valence-electron chi connectivity index (χ0n) is 13.2. The van der Waals surface area contributed by atoms with Crippen molar-refractivity contribution >= 4 is 11.2 Å². The summed E-state index contributed by atoms with van der Waals surface area (Å²) in [6, 6.07) is 7.73. The molecule has 24 heavy (non-hydrogen) atoms. The average molecular weight is 320 g/mol. The number of rotatable bonds is 5. The van der Waals surface area contributed by atoms with Crippen molar-refractivity contribution in [3.05, 3.63) is 60.7 Å². The van der Waals surface area contributed by atoms with Gasteiger partial charge in [0.25, 0.3) is 0 Å². The molecule has 0 aliphatic carbocycles. The van der Waals surface area contributed by atoms with E-state index in [1.807, 2.05) is 24.3 Å². The molecule has 6 heteroatoms. The van der Waals surface area contributed by atoms with Gasteiger partial charge in [-0.1, -0.05) is 0 Å². The van der Waals surface area contributed by atoms with E-state index in [0.29, 0.717) is 0 Å². The van der Waals surface area contributed by atoms with Crippen molar-refractivity contribution in [2.24, 2.45) is 0 Å². The quantitative estimate of drug-likeness (QED) is 0.610. The SMILES string of the molecule is COc1ccnc(CCc2nc3ncc(-c4ccoc4)cc3[nH]2)c1. The number of imidazole rings is 1. The maximum Gasteiger partial charge on any atom is 0.177 e. The highest BCUT2D eigenvalue weighted by Crippen LogP contribution is 2.22. The number of hydrogen-bond acceptors (Lipinski definition) is 5. The number of nitrogens with zero attached hydrogens (tertiary/aromatic N) is 3. The van der Waals surface area contributed by atoms with Gasteiger partial charge in [0.2, 0.25) is 0 Å². The van der Waals surface area contributed by atoms with Gasteiger partial charge in [0, 0.05) is 41.7 Å². The first kappa shape index (κ1) is 14.4. The highest BCUT2D eigenvalue weighted by atomic mass is 16.5. The molecule has 0 fully saturated rings. The van der Waals surface area contributed by atoms with Crippen LogP contribution in [0.25, 0.3) is 22.3 Å². The minimum Gasteiger partial charge on any atom is -0.497 e. The third kappa shape index (κ3) is 2.86. The number of fused-ring (bicyclic) bond motifs is 1. The standard InChI is InChI=1S/C18H16N4O2/c1-23-15-4-6-19-14(9-15)2-3-17-21-16-8-13(10-20-18(16)22-17)12-5-7-24-11-12/h4-11H,2-3H2,1H3,(H,20,21,22). The highest BCUT2D eigenvalue weighted by molar-refractivity contribution is 5.77. The number of furan rings is 1. The van der Waals surface area contributed by atoms with Crippen molar-refractivity contribution < 1.29 is 9.15 Å². The number of nitrogens with one attached hydrogen (secondary N) is 1. The van der Waals surface area contributed by atoms with Crippen LogP contribution in [0.5, 0.6) is 5.75 Å². The molecule has 4 rings (SSSR count). The van der Waals surface area contributed by atoms with Crippen LogP contribution in [0.4, 0.5) is 0 Å². The predicted molar refractivity (Wildman–Crippen MR) is 89.8 cm³/mol. The highest BCUT2D eigenvalue weighted by Gasteiger charge is 2.08. The summed E-state index contributed by atoms with van der Waals surface area (Å²) in [5.74, 6) is 1.71. The Hall–Kier alpha value is -3.15. The molecule has 0 amide bonds. The number of H-pyrrole nitrogens is 1. The fourth-order valence-electron chi connectivity index (χ4n) is 2.62. The van der Waals surface area contributed by atoms with E-state index in [2.05, 4.69) is 19.9 Å². The zero-order valence-corrected chi connectivity index (χ0v) is 13.2. The van der Waals surface area contributed by atoms with Crippen LogP contribution in [0.1, 0.15) is 11.5 Å². The number of aromatic amines is 1. The van der Waals surface area contributed by atoms with Crippen molar-refractivity contribution in [2.45, 2.75) is 12.8 Å². The summed E-state index contributed by atoms with van der Waals surface area (Å²) in [6.07, 6.45) is 8.46. The Labute approximate surface area is 138 Å². The molecule has 0 unspecified atom stereocenters. The van der Waals surface area contributed by atoms with Crippen LogP contribution >= 0.6 is 0 Å². The van der Waals surface area contributed by atoms with Crippen LogP contribution < -0.4 is 4.74 Å². The van der Waals surface area contributed by atoms with Gasteiger partial charge < -0.3 is 14.1 Å². The maximum atomic E-state index is 5.22. The van der Waals surface area contributed by atoms with Crippen molar-refractivity contribution in [2.75, 3.05) is 7.11 Å². The van der Waals surface area contributed by atoms with E-state index in [0.717, 1.165) is 52.4 Å². The Morgan fingerprint density at radius 3 is 2.92 bits per heavy atom. The van der Waals surface area contributed by atoms with E-state index in [-0.39, 0.29) is 0 Å². The van der Waals surface area contributed by atoms with E-state index in [1.54, 1.807) is 32.0 Å². The molecule has 0 bridgehead atoms. The molecule has 0 aromatic carbocycles. The second kappa shape index (κ2) is 6.16. The molecule has 4 aromatic heterocycles. The van der Waals surface area contributed by atoms with E-state index in [4.69, 9.17) is 9.15 Å². The van der Waals surface area contributed by atoms with Gasteiger partial charge >= 0.3 is 0 Å². The van der Waals surface area contributed by atoms with Crippen LogP contribution in [-0.4, -0.2) is 27.0 Å². The van der Waals surface area contributed by atoms with Gasteiger partial charge in [-0.15, -0.1) is 0 Å². The number of aryl methyl sites for hydroxylation is 2. The van der Waals surface area contributed by atoms with Crippen LogP contribution in [0.2, 0.25) is 0 Å². The Morgan fingerprint density at radius 1 is 1.12 bits per heavy atom. The fraction of sp³-hybridized carbons (Fsp3) is 0.167. The van der Waals surface area contributed by atoms with E-state index in [1.165, 1.54) is 0 Å². The molecule has 0 atom stereocenters. The maximum absolute atomic E-state index is 5.22. The van der Waals surface area contributed by atoms with Crippen LogP contribution in [-0.2, 0) is 12.8 Å². The zero-order chi connectivity index (χ0) is 16.4. The predicted octanol–water partition coefficient (Wildman–Crippen LogP) is 3.41. The average Bonchev–Trinajstić information content (AvgIpc) is 3.28. The minimum atomic E-state index is 0.718. The molecule has 0 saturated heterocycles. The number of aromatic nitrogens is 4. The molecule has 120 valence electrons. The molecule has 0 aliphatic rings.